The Morgan fingerprint density at radius 3 is 2.12 bits per heavy atom. The number of carbonyl (C=O) groups is 1. The molecule has 0 spiro atoms. The monoisotopic (exact) mass is 228 g/mol. The molecule has 0 aromatic rings. The van der Waals surface area contributed by atoms with Crippen LogP contribution in [0.3, 0.4) is 0 Å². The van der Waals surface area contributed by atoms with Crippen LogP contribution in [0.25, 0.3) is 0 Å². The minimum atomic E-state index is 0.200. The smallest absolute Gasteiger partial charge is 0.236 e. The zero-order valence-corrected chi connectivity index (χ0v) is 11.8. The molecule has 0 radical (unpaired) electrons. The van der Waals surface area contributed by atoms with Gasteiger partial charge in [-0.15, -0.1) is 0 Å². The highest BCUT2D eigenvalue weighted by Crippen LogP contribution is 2.24. The average molecular weight is 228 g/mol. The van der Waals surface area contributed by atoms with E-state index in [1.54, 1.807) is 0 Å². The Hall–Kier alpha value is -0.570. The number of likely N-dealkylation sites (N-methyl/N-ethyl adjacent to an activating group) is 1. The predicted octanol–water partition coefficient (Wildman–Crippen LogP) is 2.13. The summed E-state index contributed by atoms with van der Waals surface area (Å²) in [5.41, 5.74) is 0.297. The van der Waals surface area contributed by atoms with Crippen molar-refractivity contribution in [3.05, 3.63) is 0 Å². The van der Waals surface area contributed by atoms with Crippen LogP contribution in [0.2, 0.25) is 0 Å². The number of hydrogen-bond donors (Lipinski definition) is 1. The van der Waals surface area contributed by atoms with E-state index in [-0.39, 0.29) is 5.91 Å². The zero-order valence-electron chi connectivity index (χ0n) is 11.8. The van der Waals surface area contributed by atoms with Crippen molar-refractivity contribution >= 4 is 5.91 Å². The topological polar surface area (TPSA) is 32.3 Å². The van der Waals surface area contributed by atoms with Crippen molar-refractivity contribution < 1.29 is 4.79 Å². The summed E-state index contributed by atoms with van der Waals surface area (Å²) >= 11 is 0. The van der Waals surface area contributed by atoms with E-state index in [0.29, 0.717) is 17.9 Å². The summed E-state index contributed by atoms with van der Waals surface area (Å²) in [6, 6.07) is 0. The maximum absolute atomic E-state index is 11.7. The molecular weight excluding hydrogens is 200 g/mol. The first-order valence-corrected chi connectivity index (χ1v) is 6.31. The second kappa shape index (κ2) is 6.89. The Kier molecular flexibility index (Phi) is 6.65. The Morgan fingerprint density at radius 1 is 1.25 bits per heavy atom. The summed E-state index contributed by atoms with van der Waals surface area (Å²) in [7, 11) is 0. The lowest BCUT2D eigenvalue weighted by atomic mass is 9.82. The number of nitrogens with one attached hydrogen (secondary N) is 1. The van der Waals surface area contributed by atoms with E-state index < -0.39 is 0 Å². The molecule has 0 fully saturated rings. The molecule has 0 heterocycles. The van der Waals surface area contributed by atoms with Crippen molar-refractivity contribution in [1.29, 1.82) is 0 Å². The molecule has 0 aliphatic carbocycles. The average Bonchev–Trinajstić information content (AvgIpc) is 2.18. The highest BCUT2D eigenvalue weighted by molar-refractivity contribution is 5.78. The molecule has 0 bridgehead atoms. The first kappa shape index (κ1) is 15.4. The SMILES string of the molecule is CCN(CC)C(=O)CNCC(C)C(C)(C)C. The molecule has 3 nitrogen and oxygen atoms in total. The minimum Gasteiger partial charge on any atom is -0.342 e. The van der Waals surface area contributed by atoms with Gasteiger partial charge in [0.25, 0.3) is 0 Å². The molecule has 0 aromatic heterocycles. The Morgan fingerprint density at radius 2 is 1.75 bits per heavy atom. The van der Waals surface area contributed by atoms with Gasteiger partial charge in [-0.25, -0.2) is 0 Å². The highest BCUT2D eigenvalue weighted by atomic mass is 16.2. The van der Waals surface area contributed by atoms with Gasteiger partial charge >= 0.3 is 0 Å². The summed E-state index contributed by atoms with van der Waals surface area (Å²) in [6.45, 7) is 15.9. The van der Waals surface area contributed by atoms with Crippen molar-refractivity contribution in [2.75, 3.05) is 26.2 Å². The Bertz CT molecular complexity index is 204. The lowest BCUT2D eigenvalue weighted by Crippen LogP contribution is -2.40. The summed E-state index contributed by atoms with van der Waals surface area (Å²) < 4.78 is 0. The normalized spacial score (nSPS) is 13.6. The van der Waals surface area contributed by atoms with Crippen molar-refractivity contribution in [2.45, 2.75) is 41.5 Å². The van der Waals surface area contributed by atoms with Crippen LogP contribution in [-0.2, 0) is 4.79 Å². The lowest BCUT2D eigenvalue weighted by Gasteiger charge is -2.28. The molecule has 0 saturated carbocycles. The van der Waals surface area contributed by atoms with E-state index in [9.17, 15) is 4.79 Å². The van der Waals surface area contributed by atoms with E-state index in [1.165, 1.54) is 0 Å². The predicted molar refractivity (Wildman–Crippen MR) is 69.4 cm³/mol. The molecular formula is C13H28N2O. The van der Waals surface area contributed by atoms with Crippen molar-refractivity contribution in [3.63, 3.8) is 0 Å². The van der Waals surface area contributed by atoms with Gasteiger partial charge in [-0.1, -0.05) is 27.7 Å². The number of rotatable bonds is 6. The van der Waals surface area contributed by atoms with Crippen molar-refractivity contribution in [2.24, 2.45) is 11.3 Å². The summed E-state index contributed by atoms with van der Waals surface area (Å²) in [6.07, 6.45) is 0. The second-order valence-corrected chi connectivity index (χ2v) is 5.46. The summed E-state index contributed by atoms with van der Waals surface area (Å²) in [5, 5.41) is 3.25. The maximum Gasteiger partial charge on any atom is 0.236 e. The third-order valence-electron chi connectivity index (χ3n) is 3.32. The molecule has 96 valence electrons. The molecule has 1 N–H and O–H groups in total. The molecule has 0 aliphatic rings. The van der Waals surface area contributed by atoms with Gasteiger partial charge in [0.15, 0.2) is 0 Å². The third kappa shape index (κ3) is 5.50. The number of nitrogens with zero attached hydrogens (tertiary/aromatic N) is 1. The fourth-order valence-corrected chi connectivity index (χ4v) is 1.39. The first-order chi connectivity index (χ1) is 7.32. The second-order valence-electron chi connectivity index (χ2n) is 5.46. The van der Waals surface area contributed by atoms with Crippen LogP contribution in [0.15, 0.2) is 0 Å². The van der Waals surface area contributed by atoms with E-state index in [1.807, 2.05) is 18.7 Å². The van der Waals surface area contributed by atoms with Gasteiger partial charge in [0.1, 0.15) is 0 Å². The largest absolute Gasteiger partial charge is 0.342 e. The third-order valence-corrected chi connectivity index (χ3v) is 3.32. The molecule has 0 saturated heterocycles. The minimum absolute atomic E-state index is 0.200. The van der Waals surface area contributed by atoms with Gasteiger partial charge in [0.05, 0.1) is 6.54 Å². The van der Waals surface area contributed by atoms with E-state index >= 15 is 0 Å². The van der Waals surface area contributed by atoms with E-state index in [2.05, 4.69) is 33.0 Å². The fourth-order valence-electron chi connectivity index (χ4n) is 1.39. The van der Waals surface area contributed by atoms with Crippen LogP contribution >= 0.6 is 0 Å². The molecule has 0 rings (SSSR count). The number of hydrogen-bond acceptors (Lipinski definition) is 2. The van der Waals surface area contributed by atoms with Crippen LogP contribution in [0.4, 0.5) is 0 Å². The zero-order chi connectivity index (χ0) is 12.8. The van der Waals surface area contributed by atoms with Crippen LogP contribution < -0.4 is 5.32 Å². The van der Waals surface area contributed by atoms with E-state index in [4.69, 9.17) is 0 Å². The standard InChI is InChI=1S/C13H28N2O/c1-7-15(8-2)12(16)10-14-9-11(3)13(4,5)6/h11,14H,7-10H2,1-6H3. The molecule has 1 unspecified atom stereocenters. The van der Waals surface area contributed by atoms with Gasteiger partial charge in [-0.2, -0.15) is 0 Å². The molecule has 1 atom stereocenters. The summed E-state index contributed by atoms with van der Waals surface area (Å²) in [4.78, 5) is 13.6. The Labute approximate surface area is 101 Å². The molecule has 16 heavy (non-hydrogen) atoms. The van der Waals surface area contributed by atoms with Crippen molar-refractivity contribution in [1.82, 2.24) is 10.2 Å². The number of carbonyl (C=O) groups excluding carboxylic acids is 1. The molecule has 1 amide bonds. The van der Waals surface area contributed by atoms with Gasteiger partial charge in [0, 0.05) is 13.1 Å². The van der Waals surface area contributed by atoms with Crippen molar-refractivity contribution in [3.8, 4) is 0 Å². The molecule has 3 heteroatoms. The Balaban J connectivity index is 3.86. The molecule has 0 aromatic carbocycles. The van der Waals surface area contributed by atoms with Gasteiger partial charge in [-0.05, 0) is 31.7 Å². The van der Waals surface area contributed by atoms with Gasteiger partial charge < -0.3 is 10.2 Å². The lowest BCUT2D eigenvalue weighted by molar-refractivity contribution is -0.129. The van der Waals surface area contributed by atoms with Crippen LogP contribution in [0, 0.1) is 11.3 Å². The van der Waals surface area contributed by atoms with Gasteiger partial charge in [0.2, 0.25) is 5.91 Å². The van der Waals surface area contributed by atoms with Crippen LogP contribution in [0.5, 0.6) is 0 Å². The first-order valence-electron chi connectivity index (χ1n) is 6.31. The van der Waals surface area contributed by atoms with Gasteiger partial charge in [-0.3, -0.25) is 4.79 Å². The van der Waals surface area contributed by atoms with Crippen LogP contribution in [0.1, 0.15) is 41.5 Å². The highest BCUT2D eigenvalue weighted by Gasteiger charge is 2.19. The fraction of sp³-hybridized carbons (Fsp3) is 0.923. The maximum atomic E-state index is 11.7. The van der Waals surface area contributed by atoms with E-state index in [0.717, 1.165) is 19.6 Å². The number of amides is 1. The molecule has 0 aliphatic heterocycles. The van der Waals surface area contributed by atoms with Crippen LogP contribution in [-0.4, -0.2) is 37.0 Å². The summed E-state index contributed by atoms with van der Waals surface area (Å²) in [5.74, 6) is 0.767. The quantitative estimate of drug-likeness (QED) is 0.755.